The molecule has 1 saturated heterocycles. The first-order chi connectivity index (χ1) is 9.42. The molecule has 1 aliphatic heterocycles. The van der Waals surface area contributed by atoms with Gasteiger partial charge in [-0.1, -0.05) is 26.7 Å². The molecule has 0 atom stereocenters. The average Bonchev–Trinajstić information content (AvgIpc) is 2.71. The molecular formula is C13H22N2O5. The average molecular weight is 286 g/mol. The number of nitrogens with zero attached hydrogens (tertiary/aromatic N) is 1. The number of amides is 3. The van der Waals surface area contributed by atoms with Gasteiger partial charge in [-0.15, -0.1) is 5.06 Å². The van der Waals surface area contributed by atoms with E-state index < -0.39 is 17.8 Å². The molecule has 2 N–H and O–H groups in total. The fourth-order valence-electron chi connectivity index (χ4n) is 1.32. The number of hydroxylamine groups is 2. The van der Waals surface area contributed by atoms with Gasteiger partial charge in [0.15, 0.2) is 0 Å². The smallest absolute Gasteiger partial charge is 0.333 e. The van der Waals surface area contributed by atoms with Crippen LogP contribution >= 0.6 is 0 Å². The first kappa shape index (κ1) is 18.1. The molecule has 20 heavy (non-hydrogen) atoms. The summed E-state index contributed by atoms with van der Waals surface area (Å²) in [4.78, 5) is 47.6. The third kappa shape index (κ3) is 7.50. The van der Waals surface area contributed by atoms with E-state index in [1.165, 1.54) is 0 Å². The maximum absolute atomic E-state index is 11.2. The van der Waals surface area contributed by atoms with Crippen molar-refractivity contribution in [1.82, 2.24) is 5.06 Å². The maximum atomic E-state index is 11.2. The molecule has 0 radical (unpaired) electrons. The Labute approximate surface area is 118 Å². The van der Waals surface area contributed by atoms with Crippen molar-refractivity contribution < 1.29 is 24.0 Å². The number of carbonyl (C=O) groups excluding carboxylic acids is 4. The van der Waals surface area contributed by atoms with Crippen LogP contribution in [0.5, 0.6) is 0 Å². The summed E-state index contributed by atoms with van der Waals surface area (Å²) in [6.07, 6.45) is 3.66. The normalized spacial score (nSPS) is 13.8. The molecule has 0 bridgehead atoms. The van der Waals surface area contributed by atoms with Gasteiger partial charge in [-0.2, -0.15) is 0 Å². The van der Waals surface area contributed by atoms with Gasteiger partial charge < -0.3 is 10.6 Å². The van der Waals surface area contributed by atoms with Crippen LogP contribution in [0.25, 0.3) is 0 Å². The summed E-state index contributed by atoms with van der Waals surface area (Å²) in [6.45, 7) is 3.75. The van der Waals surface area contributed by atoms with Gasteiger partial charge in [0.25, 0.3) is 11.8 Å². The minimum atomic E-state index is -0.507. The van der Waals surface area contributed by atoms with E-state index in [1.54, 1.807) is 6.92 Å². The number of nitrogens with two attached hydrogens (primary N) is 1. The highest BCUT2D eigenvalue weighted by Crippen LogP contribution is 2.13. The fourth-order valence-corrected chi connectivity index (χ4v) is 1.32. The Bertz CT molecular complexity index is 352. The standard InChI is InChI=1S/C10H15NO4.C3H7NO/c1-2-3-4-5-10(14)15-11-8(12)6-7-9(11)13;1-2-3(4)5/h2-7H2,1H3;2H2,1H3,(H2,4,5). The van der Waals surface area contributed by atoms with E-state index in [9.17, 15) is 19.2 Å². The second-order valence-corrected chi connectivity index (χ2v) is 4.32. The second kappa shape index (κ2) is 9.94. The molecule has 1 fully saturated rings. The molecular weight excluding hydrogens is 264 g/mol. The molecule has 1 rings (SSSR count). The van der Waals surface area contributed by atoms with E-state index in [1.807, 2.05) is 6.92 Å². The zero-order valence-corrected chi connectivity index (χ0v) is 12.0. The summed E-state index contributed by atoms with van der Waals surface area (Å²) in [5.41, 5.74) is 4.65. The van der Waals surface area contributed by atoms with E-state index in [2.05, 4.69) is 10.6 Å². The van der Waals surface area contributed by atoms with Crippen molar-refractivity contribution in [2.75, 3.05) is 0 Å². The Morgan fingerprint density at radius 3 is 2.05 bits per heavy atom. The molecule has 3 amide bonds. The largest absolute Gasteiger partial charge is 0.370 e. The lowest BCUT2D eigenvalue weighted by Gasteiger charge is -2.12. The molecule has 0 spiro atoms. The van der Waals surface area contributed by atoms with Gasteiger partial charge >= 0.3 is 5.97 Å². The van der Waals surface area contributed by atoms with Gasteiger partial charge in [-0.3, -0.25) is 14.4 Å². The van der Waals surface area contributed by atoms with Gasteiger partial charge in [-0.25, -0.2) is 4.79 Å². The highest BCUT2D eigenvalue weighted by Gasteiger charge is 2.32. The Hall–Kier alpha value is -1.92. The number of carbonyl (C=O) groups is 4. The van der Waals surface area contributed by atoms with Crippen LogP contribution in [-0.4, -0.2) is 28.8 Å². The van der Waals surface area contributed by atoms with Crippen LogP contribution in [0, 0.1) is 0 Å². The fraction of sp³-hybridized carbons (Fsp3) is 0.692. The number of hydrogen-bond donors (Lipinski definition) is 1. The van der Waals surface area contributed by atoms with Crippen LogP contribution < -0.4 is 5.73 Å². The predicted octanol–water partition coefficient (Wildman–Crippen LogP) is 1.06. The number of imide groups is 1. The van der Waals surface area contributed by atoms with Gasteiger partial charge in [0.1, 0.15) is 0 Å². The third-order valence-corrected chi connectivity index (χ3v) is 2.53. The monoisotopic (exact) mass is 286 g/mol. The molecule has 0 aromatic heterocycles. The van der Waals surface area contributed by atoms with Crippen LogP contribution in [0.15, 0.2) is 0 Å². The molecule has 0 aromatic carbocycles. The molecule has 0 unspecified atom stereocenters. The molecule has 114 valence electrons. The quantitative estimate of drug-likeness (QED) is 0.580. The molecule has 0 aliphatic carbocycles. The molecule has 1 heterocycles. The summed E-state index contributed by atoms with van der Waals surface area (Å²) in [5, 5.41) is 0.592. The minimum Gasteiger partial charge on any atom is -0.370 e. The first-order valence-corrected chi connectivity index (χ1v) is 6.77. The van der Waals surface area contributed by atoms with Crippen LogP contribution in [0.2, 0.25) is 0 Å². The van der Waals surface area contributed by atoms with Crippen molar-refractivity contribution in [3.05, 3.63) is 0 Å². The van der Waals surface area contributed by atoms with Crippen molar-refractivity contribution in [2.45, 2.75) is 58.8 Å². The third-order valence-electron chi connectivity index (χ3n) is 2.53. The van der Waals surface area contributed by atoms with Crippen LogP contribution in [0.1, 0.15) is 58.8 Å². The zero-order valence-electron chi connectivity index (χ0n) is 12.0. The van der Waals surface area contributed by atoms with Crippen LogP contribution in [0.3, 0.4) is 0 Å². The molecule has 0 aromatic rings. The molecule has 0 saturated carbocycles. The molecule has 1 aliphatic rings. The van der Waals surface area contributed by atoms with E-state index in [0.29, 0.717) is 11.5 Å². The lowest BCUT2D eigenvalue weighted by molar-refractivity contribution is -0.197. The van der Waals surface area contributed by atoms with E-state index in [-0.39, 0.29) is 25.2 Å². The molecule has 7 nitrogen and oxygen atoms in total. The van der Waals surface area contributed by atoms with Crippen LogP contribution in [-0.2, 0) is 24.0 Å². The Morgan fingerprint density at radius 2 is 1.65 bits per heavy atom. The van der Waals surface area contributed by atoms with E-state index >= 15 is 0 Å². The van der Waals surface area contributed by atoms with Gasteiger partial charge in [-0.05, 0) is 6.42 Å². The van der Waals surface area contributed by atoms with Crippen molar-refractivity contribution >= 4 is 23.7 Å². The number of unbranched alkanes of at least 4 members (excludes halogenated alkanes) is 2. The van der Waals surface area contributed by atoms with E-state index in [0.717, 1.165) is 19.3 Å². The van der Waals surface area contributed by atoms with Crippen molar-refractivity contribution in [3.63, 3.8) is 0 Å². The Kier molecular flexibility index (Phi) is 8.98. The van der Waals surface area contributed by atoms with Crippen molar-refractivity contribution in [3.8, 4) is 0 Å². The summed E-state index contributed by atoms with van der Waals surface area (Å²) < 4.78 is 0. The number of primary amides is 1. The summed E-state index contributed by atoms with van der Waals surface area (Å²) in [5.74, 6) is -1.61. The summed E-state index contributed by atoms with van der Waals surface area (Å²) in [7, 11) is 0. The van der Waals surface area contributed by atoms with Gasteiger partial charge in [0.2, 0.25) is 5.91 Å². The number of hydrogen-bond acceptors (Lipinski definition) is 5. The van der Waals surface area contributed by atoms with E-state index in [4.69, 9.17) is 0 Å². The lowest BCUT2D eigenvalue weighted by Crippen LogP contribution is -2.31. The minimum absolute atomic E-state index is 0.140. The summed E-state index contributed by atoms with van der Waals surface area (Å²) in [6, 6.07) is 0. The maximum Gasteiger partial charge on any atom is 0.333 e. The van der Waals surface area contributed by atoms with Crippen molar-refractivity contribution in [1.29, 1.82) is 0 Å². The van der Waals surface area contributed by atoms with Gasteiger partial charge in [0.05, 0.1) is 0 Å². The van der Waals surface area contributed by atoms with Crippen molar-refractivity contribution in [2.24, 2.45) is 5.73 Å². The highest BCUT2D eigenvalue weighted by molar-refractivity contribution is 6.01. The second-order valence-electron chi connectivity index (χ2n) is 4.32. The van der Waals surface area contributed by atoms with Gasteiger partial charge in [0, 0.05) is 25.7 Å². The zero-order chi connectivity index (χ0) is 15.5. The van der Waals surface area contributed by atoms with Crippen LogP contribution in [0.4, 0.5) is 0 Å². The topological polar surface area (TPSA) is 107 Å². The number of rotatable bonds is 6. The molecule has 7 heteroatoms. The lowest BCUT2D eigenvalue weighted by atomic mass is 10.2. The predicted molar refractivity (Wildman–Crippen MR) is 70.8 cm³/mol. The Morgan fingerprint density at radius 1 is 1.15 bits per heavy atom. The first-order valence-electron chi connectivity index (χ1n) is 6.77. The summed E-state index contributed by atoms with van der Waals surface area (Å²) >= 11 is 0. The highest BCUT2D eigenvalue weighted by atomic mass is 16.7. The SMILES string of the molecule is CCC(N)=O.CCCCCC(=O)ON1C(=O)CCC1=O. The Balaban J connectivity index is 0.000000621.